The molecule has 124 valence electrons. The number of unbranched alkanes of at least 4 members (excludes halogenated alkanes) is 1. The van der Waals surface area contributed by atoms with E-state index < -0.39 is 0 Å². The normalized spacial score (nSPS) is 22.9. The summed E-state index contributed by atoms with van der Waals surface area (Å²) < 4.78 is 7.84. The van der Waals surface area contributed by atoms with Crippen molar-refractivity contribution in [2.24, 2.45) is 0 Å². The number of aromatic nitrogens is 1. The Balaban J connectivity index is 2.29. The summed E-state index contributed by atoms with van der Waals surface area (Å²) in [7, 11) is 0. The number of hydrogen-bond donors (Lipinski definition) is 1. The van der Waals surface area contributed by atoms with Gasteiger partial charge < -0.3 is 14.4 Å². The van der Waals surface area contributed by atoms with Crippen LogP contribution in [0.1, 0.15) is 45.0 Å². The summed E-state index contributed by atoms with van der Waals surface area (Å²) in [5, 5.41) is 10.3. The first-order valence-electron chi connectivity index (χ1n) is 8.22. The van der Waals surface area contributed by atoms with Crippen molar-refractivity contribution in [1.29, 1.82) is 0 Å². The van der Waals surface area contributed by atoms with E-state index in [1.54, 1.807) is 0 Å². The van der Waals surface area contributed by atoms with Crippen LogP contribution in [-0.4, -0.2) is 39.9 Å². The van der Waals surface area contributed by atoms with Gasteiger partial charge in [0.1, 0.15) is 0 Å². The quantitative estimate of drug-likeness (QED) is 0.906. The SMILES string of the molecule is CCCCn1c(C)cc(=O)c(O)c1CN1CC(C)OC(C)C1. The van der Waals surface area contributed by atoms with Crippen molar-refractivity contribution >= 4 is 0 Å². The van der Waals surface area contributed by atoms with Crippen LogP contribution >= 0.6 is 0 Å². The van der Waals surface area contributed by atoms with Crippen molar-refractivity contribution in [3.63, 3.8) is 0 Å². The van der Waals surface area contributed by atoms with Crippen molar-refractivity contribution in [3.05, 3.63) is 27.7 Å². The monoisotopic (exact) mass is 308 g/mol. The van der Waals surface area contributed by atoms with E-state index in [1.165, 1.54) is 6.07 Å². The van der Waals surface area contributed by atoms with Crippen LogP contribution in [0.3, 0.4) is 0 Å². The lowest BCUT2D eigenvalue weighted by molar-refractivity contribution is -0.0712. The van der Waals surface area contributed by atoms with Gasteiger partial charge in [0.05, 0.1) is 17.9 Å². The molecular formula is C17H28N2O3. The molecule has 1 aromatic rings. The summed E-state index contributed by atoms with van der Waals surface area (Å²) in [6.45, 7) is 11.3. The van der Waals surface area contributed by atoms with Crippen molar-refractivity contribution < 1.29 is 9.84 Å². The first kappa shape index (κ1) is 17.0. The van der Waals surface area contributed by atoms with Crippen LogP contribution < -0.4 is 5.43 Å². The lowest BCUT2D eigenvalue weighted by atomic mass is 10.2. The zero-order chi connectivity index (χ0) is 16.3. The third kappa shape index (κ3) is 3.90. The van der Waals surface area contributed by atoms with Crippen molar-refractivity contribution in [2.45, 2.75) is 65.8 Å². The Bertz CT molecular complexity index is 558. The number of ether oxygens (including phenoxy) is 1. The second kappa shape index (κ2) is 7.29. The number of rotatable bonds is 5. The van der Waals surface area contributed by atoms with Gasteiger partial charge in [-0.2, -0.15) is 0 Å². The first-order valence-corrected chi connectivity index (χ1v) is 8.22. The third-order valence-electron chi connectivity index (χ3n) is 4.20. The average Bonchev–Trinajstić information content (AvgIpc) is 2.43. The van der Waals surface area contributed by atoms with Crippen LogP contribution in [0.4, 0.5) is 0 Å². The molecule has 1 fully saturated rings. The highest BCUT2D eigenvalue weighted by Gasteiger charge is 2.24. The zero-order valence-electron chi connectivity index (χ0n) is 14.1. The van der Waals surface area contributed by atoms with E-state index in [4.69, 9.17) is 4.74 Å². The second-order valence-electron chi connectivity index (χ2n) is 6.40. The Morgan fingerprint density at radius 2 is 1.95 bits per heavy atom. The van der Waals surface area contributed by atoms with E-state index in [0.29, 0.717) is 6.54 Å². The fourth-order valence-corrected chi connectivity index (χ4v) is 3.23. The maximum atomic E-state index is 12.0. The molecule has 0 aromatic carbocycles. The number of aromatic hydroxyl groups is 1. The molecule has 5 nitrogen and oxygen atoms in total. The molecule has 0 saturated carbocycles. The maximum absolute atomic E-state index is 12.0. The number of morpholine rings is 1. The van der Waals surface area contributed by atoms with Crippen molar-refractivity contribution in [3.8, 4) is 5.75 Å². The molecule has 0 spiro atoms. The van der Waals surface area contributed by atoms with Crippen LogP contribution in [0, 0.1) is 6.92 Å². The van der Waals surface area contributed by atoms with E-state index in [-0.39, 0.29) is 23.4 Å². The lowest BCUT2D eigenvalue weighted by Gasteiger charge is -2.36. The summed E-state index contributed by atoms with van der Waals surface area (Å²) in [4.78, 5) is 14.2. The molecule has 2 unspecified atom stereocenters. The molecule has 5 heteroatoms. The Kier molecular flexibility index (Phi) is 5.64. The Labute approximate surface area is 132 Å². The lowest BCUT2D eigenvalue weighted by Crippen LogP contribution is -2.45. The van der Waals surface area contributed by atoms with Crippen LogP contribution in [0.2, 0.25) is 0 Å². The van der Waals surface area contributed by atoms with Crippen LogP contribution in [-0.2, 0) is 17.8 Å². The molecule has 0 aliphatic carbocycles. The molecule has 1 aliphatic rings. The molecule has 2 rings (SSSR count). The molecular weight excluding hydrogens is 280 g/mol. The number of pyridine rings is 1. The van der Waals surface area contributed by atoms with E-state index in [1.807, 2.05) is 6.92 Å². The average molecular weight is 308 g/mol. The summed E-state index contributed by atoms with van der Waals surface area (Å²) in [5.41, 5.74) is 1.37. The Morgan fingerprint density at radius 1 is 1.32 bits per heavy atom. The van der Waals surface area contributed by atoms with Gasteiger partial charge >= 0.3 is 0 Å². The predicted molar refractivity (Wildman–Crippen MR) is 87.3 cm³/mol. The maximum Gasteiger partial charge on any atom is 0.223 e. The van der Waals surface area contributed by atoms with E-state index in [9.17, 15) is 9.90 Å². The van der Waals surface area contributed by atoms with E-state index >= 15 is 0 Å². The first-order chi connectivity index (χ1) is 10.4. The number of nitrogens with zero attached hydrogens (tertiary/aromatic N) is 2. The zero-order valence-corrected chi connectivity index (χ0v) is 14.1. The summed E-state index contributed by atoms with van der Waals surface area (Å²) in [5.74, 6) is -0.103. The molecule has 2 heterocycles. The fraction of sp³-hybridized carbons (Fsp3) is 0.706. The van der Waals surface area contributed by atoms with Gasteiger partial charge in [0, 0.05) is 37.9 Å². The van der Waals surface area contributed by atoms with Crippen LogP contribution in [0.25, 0.3) is 0 Å². The molecule has 0 radical (unpaired) electrons. The van der Waals surface area contributed by atoms with Gasteiger partial charge in [-0.25, -0.2) is 0 Å². The van der Waals surface area contributed by atoms with Crippen molar-refractivity contribution in [1.82, 2.24) is 9.47 Å². The Morgan fingerprint density at radius 3 is 2.55 bits per heavy atom. The van der Waals surface area contributed by atoms with Gasteiger partial charge in [0.15, 0.2) is 5.75 Å². The van der Waals surface area contributed by atoms with Gasteiger partial charge in [-0.1, -0.05) is 13.3 Å². The van der Waals surface area contributed by atoms with Gasteiger partial charge in [-0.15, -0.1) is 0 Å². The molecule has 1 aromatic heterocycles. The highest BCUT2D eigenvalue weighted by molar-refractivity contribution is 5.29. The van der Waals surface area contributed by atoms with Crippen LogP contribution in [0.5, 0.6) is 5.75 Å². The summed E-state index contributed by atoms with van der Waals surface area (Å²) in [6, 6.07) is 1.53. The third-order valence-corrected chi connectivity index (χ3v) is 4.20. The Hall–Kier alpha value is -1.33. The smallest absolute Gasteiger partial charge is 0.223 e. The molecule has 1 N–H and O–H groups in total. The minimum atomic E-state index is -0.283. The minimum absolute atomic E-state index is 0.103. The fourth-order valence-electron chi connectivity index (χ4n) is 3.23. The minimum Gasteiger partial charge on any atom is -0.503 e. The van der Waals surface area contributed by atoms with Crippen LogP contribution in [0.15, 0.2) is 10.9 Å². The van der Waals surface area contributed by atoms with Gasteiger partial charge in [0.25, 0.3) is 0 Å². The van der Waals surface area contributed by atoms with Gasteiger partial charge in [0.2, 0.25) is 5.43 Å². The van der Waals surface area contributed by atoms with E-state index in [0.717, 1.165) is 43.9 Å². The standard InChI is InChI=1S/C17H28N2O3/c1-5-6-7-19-12(2)8-16(20)17(21)15(19)11-18-9-13(3)22-14(4)10-18/h8,13-14,21H,5-7,9-11H2,1-4H3. The molecule has 2 atom stereocenters. The molecule has 0 amide bonds. The summed E-state index contributed by atoms with van der Waals surface area (Å²) >= 11 is 0. The largest absolute Gasteiger partial charge is 0.503 e. The number of hydrogen-bond acceptors (Lipinski definition) is 4. The van der Waals surface area contributed by atoms with Gasteiger partial charge in [-0.3, -0.25) is 9.69 Å². The highest BCUT2D eigenvalue weighted by Crippen LogP contribution is 2.20. The predicted octanol–water partition coefficient (Wildman–Crippen LogP) is 2.27. The molecule has 1 saturated heterocycles. The van der Waals surface area contributed by atoms with Crippen molar-refractivity contribution in [2.75, 3.05) is 13.1 Å². The molecule has 0 bridgehead atoms. The van der Waals surface area contributed by atoms with E-state index in [2.05, 4.69) is 30.2 Å². The van der Waals surface area contributed by atoms with Gasteiger partial charge in [-0.05, 0) is 27.2 Å². The summed E-state index contributed by atoms with van der Waals surface area (Å²) in [6.07, 6.45) is 2.46. The topological polar surface area (TPSA) is 54.7 Å². The highest BCUT2D eigenvalue weighted by atomic mass is 16.5. The molecule has 1 aliphatic heterocycles. The molecule has 22 heavy (non-hydrogen) atoms. The number of aryl methyl sites for hydroxylation is 1. The second-order valence-corrected chi connectivity index (χ2v) is 6.40.